The average molecular weight is 220 g/mol. The first-order valence-corrected chi connectivity index (χ1v) is 5.72. The first kappa shape index (κ1) is 12.7. The smallest absolute Gasteiger partial charge is 0.124 e. The Labute approximate surface area is 97.2 Å². The summed E-state index contributed by atoms with van der Waals surface area (Å²) in [4.78, 5) is 4.16. The van der Waals surface area contributed by atoms with Gasteiger partial charge in [-0.2, -0.15) is 0 Å². The Hall–Kier alpha value is -1.35. The van der Waals surface area contributed by atoms with Gasteiger partial charge in [0.1, 0.15) is 5.75 Å². The Kier molecular flexibility index (Phi) is 4.99. The zero-order valence-electron chi connectivity index (χ0n) is 10.2. The second-order valence-electron chi connectivity index (χ2n) is 3.71. The summed E-state index contributed by atoms with van der Waals surface area (Å²) >= 11 is 0. The molecule has 0 aliphatic carbocycles. The van der Waals surface area contributed by atoms with Crippen molar-refractivity contribution in [2.75, 3.05) is 13.7 Å². The summed E-state index contributed by atoms with van der Waals surface area (Å²) in [6.45, 7) is 4.79. The van der Waals surface area contributed by atoms with Gasteiger partial charge in [0, 0.05) is 11.8 Å². The Morgan fingerprint density at radius 3 is 2.44 bits per heavy atom. The van der Waals surface area contributed by atoms with E-state index in [1.165, 1.54) is 11.1 Å². The predicted molar refractivity (Wildman–Crippen MR) is 68.4 cm³/mol. The Morgan fingerprint density at radius 1 is 1.25 bits per heavy atom. The van der Waals surface area contributed by atoms with Crippen LogP contribution in [0.1, 0.15) is 30.5 Å². The quantitative estimate of drug-likeness (QED) is 0.746. The molecule has 3 heteroatoms. The Balaban J connectivity index is 3.01. The highest BCUT2D eigenvalue weighted by Gasteiger charge is 2.05. The minimum absolute atomic E-state index is 0.314. The fourth-order valence-corrected chi connectivity index (χ4v) is 1.69. The molecule has 0 fully saturated rings. The van der Waals surface area contributed by atoms with Gasteiger partial charge >= 0.3 is 0 Å². The molecular formula is C13H20N2O. The van der Waals surface area contributed by atoms with Gasteiger partial charge < -0.3 is 10.4 Å². The van der Waals surface area contributed by atoms with Crippen LogP contribution in [0.2, 0.25) is 0 Å². The van der Waals surface area contributed by atoms with E-state index in [-0.39, 0.29) is 0 Å². The van der Waals surface area contributed by atoms with Crippen LogP contribution in [0.4, 0.5) is 0 Å². The second-order valence-corrected chi connectivity index (χ2v) is 3.71. The van der Waals surface area contributed by atoms with Gasteiger partial charge in [-0.3, -0.25) is 4.99 Å². The van der Waals surface area contributed by atoms with Crippen molar-refractivity contribution in [2.24, 2.45) is 4.99 Å². The van der Waals surface area contributed by atoms with E-state index in [1.807, 2.05) is 19.2 Å². The van der Waals surface area contributed by atoms with Gasteiger partial charge in [0.15, 0.2) is 0 Å². The van der Waals surface area contributed by atoms with E-state index in [1.54, 1.807) is 6.21 Å². The molecule has 0 atom stereocenters. The lowest BCUT2D eigenvalue weighted by Gasteiger charge is -2.08. The molecule has 1 aromatic carbocycles. The third-order valence-corrected chi connectivity index (χ3v) is 2.59. The molecule has 0 spiro atoms. The molecule has 16 heavy (non-hydrogen) atoms. The van der Waals surface area contributed by atoms with E-state index < -0.39 is 0 Å². The zero-order chi connectivity index (χ0) is 12.0. The highest BCUT2D eigenvalue weighted by molar-refractivity contribution is 5.84. The van der Waals surface area contributed by atoms with Gasteiger partial charge in [-0.1, -0.05) is 13.8 Å². The number of nitrogens with one attached hydrogen (secondary N) is 1. The number of hydrogen-bond donors (Lipinski definition) is 2. The van der Waals surface area contributed by atoms with Crippen molar-refractivity contribution in [1.29, 1.82) is 0 Å². The summed E-state index contributed by atoms with van der Waals surface area (Å²) in [5.41, 5.74) is 3.29. The number of phenols is 1. The van der Waals surface area contributed by atoms with Crippen LogP contribution in [0.3, 0.4) is 0 Å². The molecule has 0 radical (unpaired) electrons. The maximum atomic E-state index is 9.83. The van der Waals surface area contributed by atoms with Gasteiger partial charge in [0.2, 0.25) is 0 Å². The highest BCUT2D eigenvalue weighted by Crippen LogP contribution is 2.22. The molecule has 0 amide bonds. The summed E-state index contributed by atoms with van der Waals surface area (Å²) in [5, 5.41) is 12.8. The van der Waals surface area contributed by atoms with Crippen molar-refractivity contribution in [1.82, 2.24) is 5.32 Å². The number of hydrogen-bond acceptors (Lipinski definition) is 3. The van der Waals surface area contributed by atoms with E-state index in [4.69, 9.17) is 0 Å². The number of aryl methyl sites for hydroxylation is 2. The summed E-state index contributed by atoms with van der Waals surface area (Å²) in [7, 11) is 1.84. The molecule has 0 saturated carbocycles. The fourth-order valence-electron chi connectivity index (χ4n) is 1.69. The molecule has 0 heterocycles. The molecule has 0 aliphatic rings. The number of aromatic hydroxyl groups is 1. The van der Waals surface area contributed by atoms with Crippen molar-refractivity contribution in [2.45, 2.75) is 26.7 Å². The molecule has 0 aromatic heterocycles. The van der Waals surface area contributed by atoms with E-state index in [0.29, 0.717) is 12.4 Å². The largest absolute Gasteiger partial charge is 0.507 e. The van der Waals surface area contributed by atoms with Gasteiger partial charge in [-0.05, 0) is 43.1 Å². The normalized spacial score (nSPS) is 11.2. The van der Waals surface area contributed by atoms with Crippen LogP contribution < -0.4 is 5.32 Å². The van der Waals surface area contributed by atoms with Crippen molar-refractivity contribution in [3.63, 3.8) is 0 Å². The van der Waals surface area contributed by atoms with Crippen molar-refractivity contribution in [3.8, 4) is 5.75 Å². The van der Waals surface area contributed by atoms with Gasteiger partial charge in [-0.15, -0.1) is 0 Å². The molecule has 0 unspecified atom stereocenters. The minimum atomic E-state index is 0.314. The molecule has 0 saturated heterocycles. The molecule has 2 N–H and O–H groups in total. The lowest BCUT2D eigenvalue weighted by atomic mass is 9.99. The van der Waals surface area contributed by atoms with E-state index >= 15 is 0 Å². The van der Waals surface area contributed by atoms with Crippen LogP contribution in [0.15, 0.2) is 17.1 Å². The number of nitrogens with zero attached hydrogens (tertiary/aromatic N) is 1. The highest BCUT2D eigenvalue weighted by atomic mass is 16.3. The Bertz CT molecular complexity index is 372. The van der Waals surface area contributed by atoms with Crippen LogP contribution in [-0.2, 0) is 12.8 Å². The van der Waals surface area contributed by atoms with Gasteiger partial charge in [0.05, 0.1) is 6.67 Å². The molecule has 0 bridgehead atoms. The van der Waals surface area contributed by atoms with Crippen molar-refractivity contribution < 1.29 is 5.11 Å². The van der Waals surface area contributed by atoms with Crippen LogP contribution in [0, 0.1) is 0 Å². The SMILES string of the molecule is CCc1cc(O)c(C=NCNC)cc1CC. The van der Waals surface area contributed by atoms with E-state index in [2.05, 4.69) is 24.2 Å². The number of rotatable bonds is 5. The molecule has 3 nitrogen and oxygen atoms in total. The fraction of sp³-hybridized carbons (Fsp3) is 0.462. The van der Waals surface area contributed by atoms with Crippen LogP contribution in [0.25, 0.3) is 0 Å². The summed E-state index contributed by atoms with van der Waals surface area (Å²) < 4.78 is 0. The van der Waals surface area contributed by atoms with E-state index in [0.717, 1.165) is 18.4 Å². The maximum absolute atomic E-state index is 9.83. The Morgan fingerprint density at radius 2 is 1.88 bits per heavy atom. The number of aliphatic imine (C=N–C) groups is 1. The molecule has 88 valence electrons. The monoisotopic (exact) mass is 220 g/mol. The number of benzene rings is 1. The topological polar surface area (TPSA) is 44.6 Å². The molecular weight excluding hydrogens is 200 g/mol. The molecule has 0 aliphatic heterocycles. The third-order valence-electron chi connectivity index (χ3n) is 2.59. The molecule has 1 aromatic rings. The van der Waals surface area contributed by atoms with Crippen LogP contribution >= 0.6 is 0 Å². The second kappa shape index (κ2) is 6.28. The lowest BCUT2D eigenvalue weighted by Crippen LogP contribution is -2.05. The van der Waals surface area contributed by atoms with Crippen LogP contribution in [-0.4, -0.2) is 25.0 Å². The van der Waals surface area contributed by atoms with E-state index in [9.17, 15) is 5.11 Å². The molecule has 1 rings (SSSR count). The van der Waals surface area contributed by atoms with Crippen molar-refractivity contribution in [3.05, 3.63) is 28.8 Å². The number of phenolic OH excluding ortho intramolecular Hbond substituents is 1. The van der Waals surface area contributed by atoms with Crippen molar-refractivity contribution >= 4 is 6.21 Å². The van der Waals surface area contributed by atoms with Crippen LogP contribution in [0.5, 0.6) is 5.75 Å². The predicted octanol–water partition coefficient (Wildman–Crippen LogP) is 2.11. The third kappa shape index (κ3) is 3.07. The van der Waals surface area contributed by atoms with Gasteiger partial charge in [-0.25, -0.2) is 0 Å². The standard InChI is InChI=1S/C13H20N2O/c1-4-10-6-12(8-15-9-14-3)13(16)7-11(10)5-2/h6-8,14,16H,4-5,9H2,1-3H3. The zero-order valence-corrected chi connectivity index (χ0v) is 10.2. The summed E-state index contributed by atoms with van der Waals surface area (Å²) in [5.74, 6) is 0.314. The summed E-state index contributed by atoms with van der Waals surface area (Å²) in [6, 6.07) is 3.87. The average Bonchev–Trinajstić information content (AvgIpc) is 2.31. The maximum Gasteiger partial charge on any atom is 0.124 e. The van der Waals surface area contributed by atoms with Gasteiger partial charge in [0.25, 0.3) is 0 Å². The first-order valence-electron chi connectivity index (χ1n) is 5.72. The summed E-state index contributed by atoms with van der Waals surface area (Å²) in [6.07, 6.45) is 3.64. The first-order chi connectivity index (χ1) is 7.72. The lowest BCUT2D eigenvalue weighted by molar-refractivity contribution is 0.473. The minimum Gasteiger partial charge on any atom is -0.507 e.